The molecule has 1 aromatic heterocycles. The van der Waals surface area contributed by atoms with Crippen molar-refractivity contribution in [2.75, 3.05) is 5.73 Å². The Morgan fingerprint density at radius 2 is 1.36 bits per heavy atom. The Bertz CT molecular complexity index is 791. The first-order valence-electron chi connectivity index (χ1n) is 6.93. The lowest BCUT2D eigenvalue weighted by atomic mass is 10.0. The van der Waals surface area contributed by atoms with Gasteiger partial charge in [-0.2, -0.15) is 0 Å². The molecule has 3 aromatic rings. The molecule has 0 spiro atoms. The van der Waals surface area contributed by atoms with E-state index in [-0.39, 0.29) is 5.78 Å². The molecule has 0 aliphatic rings. The quantitative estimate of drug-likeness (QED) is 0.748. The van der Waals surface area contributed by atoms with E-state index in [0.29, 0.717) is 5.82 Å². The van der Waals surface area contributed by atoms with Crippen LogP contribution >= 0.6 is 0 Å². The SMILES string of the molecule is CC(=O)c1ccc(-c2ccc(-c3cnc(N)cn3)cc2)cc1. The van der Waals surface area contributed by atoms with Gasteiger partial charge in [-0.15, -0.1) is 0 Å². The number of ketones is 1. The molecule has 3 rings (SSSR count). The number of carbonyl (C=O) groups excluding carboxylic acids is 1. The second kappa shape index (κ2) is 5.77. The predicted molar refractivity (Wildman–Crippen MR) is 87.3 cm³/mol. The third-order valence-electron chi connectivity index (χ3n) is 3.48. The van der Waals surface area contributed by atoms with E-state index < -0.39 is 0 Å². The Balaban J connectivity index is 1.87. The molecule has 4 nitrogen and oxygen atoms in total. The van der Waals surface area contributed by atoms with Gasteiger partial charge in [-0.3, -0.25) is 9.78 Å². The second-order valence-electron chi connectivity index (χ2n) is 5.04. The van der Waals surface area contributed by atoms with E-state index in [1.165, 1.54) is 0 Å². The number of benzene rings is 2. The molecule has 0 aliphatic heterocycles. The number of hydrogen-bond acceptors (Lipinski definition) is 4. The van der Waals surface area contributed by atoms with Crippen molar-refractivity contribution in [2.45, 2.75) is 6.92 Å². The minimum absolute atomic E-state index is 0.0730. The number of Topliss-reactive ketones (excluding diaryl/α,β-unsaturated/α-hetero) is 1. The van der Waals surface area contributed by atoms with Crippen molar-refractivity contribution in [1.82, 2.24) is 9.97 Å². The van der Waals surface area contributed by atoms with Crippen LogP contribution in [0.25, 0.3) is 22.4 Å². The Morgan fingerprint density at radius 3 is 1.86 bits per heavy atom. The van der Waals surface area contributed by atoms with E-state index in [4.69, 9.17) is 5.73 Å². The van der Waals surface area contributed by atoms with Gasteiger partial charge in [0.1, 0.15) is 5.82 Å². The second-order valence-corrected chi connectivity index (χ2v) is 5.04. The summed E-state index contributed by atoms with van der Waals surface area (Å²) in [6.07, 6.45) is 3.20. The minimum atomic E-state index is 0.0730. The van der Waals surface area contributed by atoms with Gasteiger partial charge in [-0.25, -0.2) is 4.98 Å². The van der Waals surface area contributed by atoms with Gasteiger partial charge in [0.25, 0.3) is 0 Å². The highest BCUT2D eigenvalue weighted by atomic mass is 16.1. The highest BCUT2D eigenvalue weighted by Crippen LogP contribution is 2.24. The summed E-state index contributed by atoms with van der Waals surface area (Å²) in [5, 5.41) is 0. The van der Waals surface area contributed by atoms with E-state index in [2.05, 4.69) is 9.97 Å². The lowest BCUT2D eigenvalue weighted by Crippen LogP contribution is -1.92. The molecule has 2 aromatic carbocycles. The zero-order valence-corrected chi connectivity index (χ0v) is 12.2. The maximum Gasteiger partial charge on any atom is 0.159 e. The summed E-state index contributed by atoms with van der Waals surface area (Å²) in [7, 11) is 0. The van der Waals surface area contributed by atoms with Crippen LogP contribution in [-0.2, 0) is 0 Å². The van der Waals surface area contributed by atoms with Crippen molar-refractivity contribution in [1.29, 1.82) is 0 Å². The molecule has 0 unspecified atom stereocenters. The number of rotatable bonds is 3. The van der Waals surface area contributed by atoms with Gasteiger partial charge in [-0.1, -0.05) is 48.5 Å². The summed E-state index contributed by atoms with van der Waals surface area (Å²) in [4.78, 5) is 19.6. The molecule has 0 bridgehead atoms. The summed E-state index contributed by atoms with van der Waals surface area (Å²) in [5.41, 5.74) is 10.2. The van der Waals surface area contributed by atoms with Gasteiger partial charge >= 0.3 is 0 Å². The molecule has 0 aliphatic carbocycles. The maximum absolute atomic E-state index is 11.3. The van der Waals surface area contributed by atoms with Gasteiger partial charge in [0.05, 0.1) is 18.1 Å². The van der Waals surface area contributed by atoms with Crippen LogP contribution in [0.1, 0.15) is 17.3 Å². The van der Waals surface area contributed by atoms with Crippen LogP contribution in [0.5, 0.6) is 0 Å². The van der Waals surface area contributed by atoms with Crippen molar-refractivity contribution in [3.05, 3.63) is 66.5 Å². The number of anilines is 1. The highest BCUT2D eigenvalue weighted by Gasteiger charge is 2.03. The van der Waals surface area contributed by atoms with Gasteiger partial charge < -0.3 is 5.73 Å². The zero-order valence-electron chi connectivity index (χ0n) is 12.2. The lowest BCUT2D eigenvalue weighted by Gasteiger charge is -2.05. The number of carbonyl (C=O) groups is 1. The molecule has 0 fully saturated rings. The highest BCUT2D eigenvalue weighted by molar-refractivity contribution is 5.94. The summed E-state index contributed by atoms with van der Waals surface area (Å²) in [5.74, 6) is 0.481. The van der Waals surface area contributed by atoms with Crippen LogP contribution in [0, 0.1) is 0 Å². The van der Waals surface area contributed by atoms with Crippen molar-refractivity contribution >= 4 is 11.6 Å². The van der Waals surface area contributed by atoms with E-state index in [9.17, 15) is 4.79 Å². The summed E-state index contributed by atoms with van der Waals surface area (Å²) in [6, 6.07) is 15.6. The van der Waals surface area contributed by atoms with Crippen molar-refractivity contribution in [2.24, 2.45) is 0 Å². The maximum atomic E-state index is 11.3. The number of aromatic nitrogens is 2. The number of nitrogens with two attached hydrogens (primary N) is 1. The fourth-order valence-corrected chi connectivity index (χ4v) is 2.22. The normalized spacial score (nSPS) is 10.4. The fourth-order valence-electron chi connectivity index (χ4n) is 2.22. The molecular formula is C18H15N3O. The molecule has 4 heteroatoms. The Labute approximate surface area is 128 Å². The topological polar surface area (TPSA) is 68.9 Å². The standard InChI is InChI=1S/C18H15N3O/c1-12(22)13-2-4-14(5-3-13)15-6-8-16(9-7-15)17-10-21-18(19)11-20-17/h2-11H,1H3,(H2,19,21). The third-order valence-corrected chi connectivity index (χ3v) is 3.48. The van der Waals surface area contributed by atoms with Crippen LogP contribution in [0.3, 0.4) is 0 Å². The van der Waals surface area contributed by atoms with Crippen molar-refractivity contribution in [3.63, 3.8) is 0 Å². The van der Waals surface area contributed by atoms with E-state index in [1.54, 1.807) is 19.3 Å². The van der Waals surface area contributed by atoms with Gasteiger partial charge in [0, 0.05) is 11.1 Å². The molecule has 2 N–H and O–H groups in total. The number of hydrogen-bond donors (Lipinski definition) is 1. The van der Waals surface area contributed by atoms with Gasteiger partial charge in [-0.05, 0) is 18.1 Å². The monoisotopic (exact) mass is 289 g/mol. The molecule has 1 heterocycles. The van der Waals surface area contributed by atoms with Crippen LogP contribution in [0.2, 0.25) is 0 Å². The lowest BCUT2D eigenvalue weighted by molar-refractivity contribution is 0.101. The molecule has 0 amide bonds. The van der Waals surface area contributed by atoms with E-state index in [1.807, 2.05) is 48.5 Å². The van der Waals surface area contributed by atoms with Crippen LogP contribution in [0.15, 0.2) is 60.9 Å². The molecule has 0 radical (unpaired) electrons. The van der Waals surface area contributed by atoms with Crippen molar-refractivity contribution < 1.29 is 4.79 Å². The van der Waals surface area contributed by atoms with E-state index in [0.717, 1.165) is 27.9 Å². The summed E-state index contributed by atoms with van der Waals surface area (Å²) in [6.45, 7) is 1.57. The number of nitrogens with zero attached hydrogens (tertiary/aromatic N) is 2. The molecule has 108 valence electrons. The minimum Gasteiger partial charge on any atom is -0.382 e. The van der Waals surface area contributed by atoms with Crippen LogP contribution < -0.4 is 5.73 Å². The smallest absolute Gasteiger partial charge is 0.159 e. The third kappa shape index (κ3) is 2.86. The molecule has 0 atom stereocenters. The molecule has 0 saturated carbocycles. The average Bonchev–Trinajstić information content (AvgIpc) is 2.56. The molecule has 0 saturated heterocycles. The number of nitrogen functional groups attached to an aromatic ring is 1. The van der Waals surface area contributed by atoms with Gasteiger partial charge in [0.2, 0.25) is 0 Å². The average molecular weight is 289 g/mol. The Morgan fingerprint density at radius 1 is 0.818 bits per heavy atom. The van der Waals surface area contributed by atoms with Crippen LogP contribution in [0.4, 0.5) is 5.82 Å². The summed E-state index contributed by atoms with van der Waals surface area (Å²) < 4.78 is 0. The first kappa shape index (κ1) is 13.9. The molecular weight excluding hydrogens is 274 g/mol. The Hall–Kier alpha value is -3.01. The van der Waals surface area contributed by atoms with Gasteiger partial charge in [0.15, 0.2) is 5.78 Å². The largest absolute Gasteiger partial charge is 0.382 e. The predicted octanol–water partition coefficient (Wildman–Crippen LogP) is 3.60. The zero-order chi connectivity index (χ0) is 15.5. The molecule has 22 heavy (non-hydrogen) atoms. The first-order chi connectivity index (χ1) is 10.6. The fraction of sp³-hybridized carbons (Fsp3) is 0.0556. The van der Waals surface area contributed by atoms with E-state index >= 15 is 0 Å². The van der Waals surface area contributed by atoms with Crippen LogP contribution in [-0.4, -0.2) is 15.8 Å². The van der Waals surface area contributed by atoms with Crippen molar-refractivity contribution in [3.8, 4) is 22.4 Å². The first-order valence-corrected chi connectivity index (χ1v) is 6.93. The summed E-state index contributed by atoms with van der Waals surface area (Å²) >= 11 is 0. The Kier molecular flexibility index (Phi) is 3.66.